The van der Waals surface area contributed by atoms with Gasteiger partial charge in [-0.1, -0.05) is 0 Å². The number of hydrogen-bond donors (Lipinski definition) is 0. The molecule has 0 amide bonds. The summed E-state index contributed by atoms with van der Waals surface area (Å²) in [7, 11) is -5.99. The summed E-state index contributed by atoms with van der Waals surface area (Å²) in [4.78, 5) is 10.4. The number of alkyl halides is 3. The Bertz CT molecular complexity index is 802. The van der Waals surface area contributed by atoms with Crippen molar-refractivity contribution >= 4 is 27.3 Å². The highest BCUT2D eigenvalue weighted by atomic mass is 32.2. The molecule has 0 spiro atoms. The molecule has 12 heteroatoms. The van der Waals surface area contributed by atoms with Crippen LogP contribution in [0.15, 0.2) is 30.5 Å². The first kappa shape index (κ1) is 16.2. The minimum Gasteiger partial charge on any atom is -0.369 e. The second-order valence-electron chi connectivity index (χ2n) is 3.80. The number of hydrogen-bond acceptors (Lipinski definition) is 7. The fourth-order valence-electron chi connectivity index (χ4n) is 1.41. The van der Waals surface area contributed by atoms with Crippen LogP contribution in [0.1, 0.15) is 0 Å². The molecule has 7 nitrogen and oxygen atoms in total. The third kappa shape index (κ3) is 3.17. The third-order valence-corrected chi connectivity index (χ3v) is 4.12. The molecule has 1 aromatic carbocycles. The maximum atomic E-state index is 12.3. The molecule has 118 valence electrons. The molecule has 1 heterocycles. The molecule has 0 fully saturated rings. The molecule has 1 aromatic heterocycles. The molecular formula is C10H5F3N2O5S2. The summed E-state index contributed by atoms with van der Waals surface area (Å²) in [5.41, 5.74) is -6.29. The van der Waals surface area contributed by atoms with Gasteiger partial charge in [-0.2, -0.15) is 21.6 Å². The number of rotatable bonds is 4. The first-order chi connectivity index (χ1) is 10.1. The topological polar surface area (TPSA) is 99.4 Å². The van der Waals surface area contributed by atoms with E-state index in [0.717, 1.165) is 23.7 Å². The zero-order valence-electron chi connectivity index (χ0n) is 10.3. The van der Waals surface area contributed by atoms with Gasteiger partial charge < -0.3 is 4.18 Å². The lowest BCUT2D eigenvalue weighted by atomic mass is 10.1. The molecule has 0 aliphatic rings. The molecule has 22 heavy (non-hydrogen) atoms. The Balaban J connectivity index is 2.47. The number of benzene rings is 1. The van der Waals surface area contributed by atoms with Gasteiger partial charge >= 0.3 is 21.3 Å². The summed E-state index contributed by atoms with van der Waals surface area (Å²) in [5, 5.41) is 10.9. The van der Waals surface area contributed by atoms with E-state index in [-0.39, 0.29) is 0 Å². The van der Waals surface area contributed by atoms with E-state index < -0.39 is 32.0 Å². The molecule has 2 rings (SSSR count). The minimum absolute atomic E-state index is 0.297. The van der Waals surface area contributed by atoms with Crippen LogP contribution in [0.25, 0.3) is 10.4 Å². The van der Waals surface area contributed by atoms with Gasteiger partial charge in [-0.3, -0.25) is 10.1 Å². The summed E-state index contributed by atoms with van der Waals surface area (Å²) in [5.74, 6) is -1.02. The predicted octanol–water partition coefficient (Wildman–Crippen LogP) is 2.95. The zero-order valence-corrected chi connectivity index (χ0v) is 11.9. The lowest BCUT2D eigenvalue weighted by Gasteiger charge is -2.10. The second-order valence-corrected chi connectivity index (χ2v) is 6.17. The van der Waals surface area contributed by atoms with Crippen LogP contribution in [0.2, 0.25) is 0 Å². The maximum absolute atomic E-state index is 12.3. The van der Waals surface area contributed by atoms with E-state index in [1.807, 2.05) is 0 Å². The van der Waals surface area contributed by atoms with Gasteiger partial charge in [0.15, 0.2) is 0 Å². The Hall–Kier alpha value is -2.21. The molecule has 0 aliphatic heterocycles. The van der Waals surface area contributed by atoms with Gasteiger partial charge in [-0.15, -0.1) is 0 Å². The molecule has 0 unspecified atom stereocenters. The smallest absolute Gasteiger partial charge is 0.369 e. The van der Waals surface area contributed by atoms with Crippen LogP contribution < -0.4 is 4.18 Å². The van der Waals surface area contributed by atoms with Crippen molar-refractivity contribution in [2.24, 2.45) is 0 Å². The molecular weight excluding hydrogens is 349 g/mol. The van der Waals surface area contributed by atoms with Crippen molar-refractivity contribution in [2.75, 3.05) is 0 Å². The van der Waals surface area contributed by atoms with E-state index >= 15 is 0 Å². The monoisotopic (exact) mass is 354 g/mol. The van der Waals surface area contributed by atoms with Crippen LogP contribution >= 0.6 is 11.5 Å². The van der Waals surface area contributed by atoms with Crippen LogP contribution in [0, 0.1) is 10.1 Å². The fraction of sp³-hybridized carbons (Fsp3) is 0.100. The van der Waals surface area contributed by atoms with Gasteiger partial charge in [-0.25, -0.2) is 4.37 Å². The summed E-state index contributed by atoms with van der Waals surface area (Å²) in [6, 6.07) is 4.43. The number of halogens is 3. The number of nitro groups is 1. The first-order valence-electron chi connectivity index (χ1n) is 5.32. The number of aromatic nitrogens is 1. The van der Waals surface area contributed by atoms with Crippen molar-refractivity contribution in [3.63, 3.8) is 0 Å². The Morgan fingerprint density at radius 2 is 1.95 bits per heavy atom. The summed E-state index contributed by atoms with van der Waals surface area (Å²) >= 11 is 1.01. The van der Waals surface area contributed by atoms with Crippen molar-refractivity contribution in [2.45, 2.75) is 5.51 Å². The SMILES string of the molecule is O=[N+]([O-])c1cc(-c2ccns2)ccc1OS(=O)(=O)C(F)(F)F. The molecule has 0 radical (unpaired) electrons. The van der Waals surface area contributed by atoms with Gasteiger partial charge in [0, 0.05) is 17.8 Å². The van der Waals surface area contributed by atoms with E-state index in [1.54, 1.807) is 0 Å². The van der Waals surface area contributed by atoms with Crippen molar-refractivity contribution in [1.29, 1.82) is 0 Å². The molecule has 0 saturated heterocycles. The summed E-state index contributed by atoms with van der Waals surface area (Å²) in [6.45, 7) is 0. The Labute approximate surface area is 125 Å². The van der Waals surface area contributed by atoms with Gasteiger partial charge in [0.05, 0.1) is 9.80 Å². The summed E-state index contributed by atoms with van der Waals surface area (Å²) in [6.07, 6.45) is 1.43. The average molecular weight is 354 g/mol. The molecule has 0 bridgehead atoms. The predicted molar refractivity (Wildman–Crippen MR) is 69.8 cm³/mol. The number of nitrogens with zero attached hydrogens (tertiary/aromatic N) is 2. The lowest BCUT2D eigenvalue weighted by Crippen LogP contribution is -2.28. The highest BCUT2D eigenvalue weighted by molar-refractivity contribution is 7.88. The van der Waals surface area contributed by atoms with Gasteiger partial charge in [-0.05, 0) is 29.7 Å². The highest BCUT2D eigenvalue weighted by Crippen LogP contribution is 2.36. The zero-order chi connectivity index (χ0) is 16.5. The van der Waals surface area contributed by atoms with Crippen LogP contribution in [-0.2, 0) is 10.1 Å². The average Bonchev–Trinajstić information content (AvgIpc) is 2.91. The quantitative estimate of drug-likeness (QED) is 0.362. The van der Waals surface area contributed by atoms with E-state index in [9.17, 15) is 31.7 Å². The van der Waals surface area contributed by atoms with Crippen LogP contribution in [0.4, 0.5) is 18.9 Å². The van der Waals surface area contributed by atoms with E-state index in [0.29, 0.717) is 10.4 Å². The Morgan fingerprint density at radius 1 is 1.27 bits per heavy atom. The fourth-order valence-corrected chi connectivity index (χ4v) is 2.48. The molecule has 2 aromatic rings. The normalized spacial score (nSPS) is 12.1. The van der Waals surface area contributed by atoms with Crippen molar-refractivity contribution in [3.05, 3.63) is 40.6 Å². The third-order valence-electron chi connectivity index (χ3n) is 2.36. The van der Waals surface area contributed by atoms with Crippen molar-refractivity contribution < 1.29 is 30.7 Å². The molecule has 0 N–H and O–H groups in total. The lowest BCUT2D eigenvalue weighted by molar-refractivity contribution is -0.385. The summed E-state index contributed by atoms with van der Waals surface area (Å²) < 4.78 is 66.3. The molecule has 0 saturated carbocycles. The highest BCUT2D eigenvalue weighted by Gasteiger charge is 2.49. The van der Waals surface area contributed by atoms with Crippen LogP contribution in [-0.4, -0.2) is 23.2 Å². The van der Waals surface area contributed by atoms with Gasteiger partial charge in [0.25, 0.3) is 0 Å². The van der Waals surface area contributed by atoms with Crippen LogP contribution in [0.3, 0.4) is 0 Å². The largest absolute Gasteiger partial charge is 0.534 e. The van der Waals surface area contributed by atoms with Crippen molar-refractivity contribution in [1.82, 2.24) is 4.37 Å². The van der Waals surface area contributed by atoms with Crippen LogP contribution in [0.5, 0.6) is 5.75 Å². The maximum Gasteiger partial charge on any atom is 0.534 e. The first-order valence-corrected chi connectivity index (χ1v) is 7.50. The van der Waals surface area contributed by atoms with E-state index in [2.05, 4.69) is 8.56 Å². The molecule has 0 atom stereocenters. The van der Waals surface area contributed by atoms with E-state index in [4.69, 9.17) is 0 Å². The standard InChI is InChI=1S/C10H5F3N2O5S2/c11-10(12,13)22(18,19)20-8-2-1-6(5-7(8)15(16)17)9-3-4-14-21-9/h1-5H. The molecule has 0 aliphatic carbocycles. The second kappa shape index (κ2) is 5.53. The van der Waals surface area contributed by atoms with Gasteiger partial charge in [0.1, 0.15) is 0 Å². The van der Waals surface area contributed by atoms with E-state index in [1.165, 1.54) is 18.3 Å². The Kier molecular flexibility index (Phi) is 4.06. The van der Waals surface area contributed by atoms with Crippen molar-refractivity contribution in [3.8, 4) is 16.2 Å². The van der Waals surface area contributed by atoms with Gasteiger partial charge in [0.2, 0.25) is 5.75 Å². The Morgan fingerprint density at radius 3 is 2.45 bits per heavy atom. The number of nitro benzene ring substituents is 1. The minimum atomic E-state index is -5.99.